The van der Waals surface area contributed by atoms with E-state index in [-0.39, 0.29) is 41.5 Å². The van der Waals surface area contributed by atoms with Gasteiger partial charge in [0, 0.05) is 109 Å². The van der Waals surface area contributed by atoms with E-state index in [4.69, 9.17) is 24.4 Å². The Hall–Kier alpha value is -6.19. The molecule has 4 aliphatic heterocycles. The molecule has 3 aromatic carbocycles. The lowest BCUT2D eigenvalue weighted by Crippen LogP contribution is -2.34. The molecule has 21 nitrogen and oxygen atoms in total. The van der Waals surface area contributed by atoms with E-state index in [0.717, 1.165) is 82.8 Å². The summed E-state index contributed by atoms with van der Waals surface area (Å²) in [5, 5.41) is 31.9. The second-order valence-electron chi connectivity index (χ2n) is 21.0. The van der Waals surface area contributed by atoms with Gasteiger partial charge in [0.25, 0.3) is 21.9 Å². The van der Waals surface area contributed by atoms with E-state index in [0.29, 0.717) is 117 Å². The first-order chi connectivity index (χ1) is 38.9. The first kappa shape index (κ1) is 60.9. The van der Waals surface area contributed by atoms with Crippen molar-refractivity contribution in [3.05, 3.63) is 124 Å². The fraction of sp³-hybridized carbons (Fsp3) is 0.439. The highest BCUT2D eigenvalue weighted by atomic mass is 32.2. The molecule has 1 unspecified atom stereocenters. The number of carbonyl (C=O) groups is 5. The first-order valence-electron chi connectivity index (χ1n) is 27.1. The van der Waals surface area contributed by atoms with Crippen LogP contribution in [-0.2, 0) is 63.7 Å². The third-order valence-electron chi connectivity index (χ3n) is 15.2. The highest BCUT2D eigenvalue weighted by molar-refractivity contribution is 7.94. The summed E-state index contributed by atoms with van der Waals surface area (Å²) in [5.41, 5.74) is 5.66. The molecule has 81 heavy (non-hydrogen) atoms. The summed E-state index contributed by atoms with van der Waals surface area (Å²) >= 11 is 1.79. The monoisotopic (exact) mass is 1170 g/mol. The lowest BCUT2D eigenvalue weighted by atomic mass is 9.77. The van der Waals surface area contributed by atoms with Gasteiger partial charge in [-0.15, -0.1) is 13.7 Å². The maximum Gasteiger partial charge on any atom is 0.363 e. The summed E-state index contributed by atoms with van der Waals surface area (Å²) < 4.78 is 54.5. The minimum atomic E-state index is -4.61. The van der Waals surface area contributed by atoms with Crippen LogP contribution in [0.2, 0.25) is 0 Å². The van der Waals surface area contributed by atoms with Crippen molar-refractivity contribution in [2.75, 3.05) is 36.8 Å². The van der Waals surface area contributed by atoms with Crippen LogP contribution >= 0.6 is 24.1 Å². The van der Waals surface area contributed by atoms with E-state index in [1.807, 2.05) is 37.3 Å². The van der Waals surface area contributed by atoms with E-state index < -0.39 is 38.7 Å². The minimum absolute atomic E-state index is 0.0482. The number of nitrogens with zero attached hydrogens (tertiary/aromatic N) is 3. The molecule has 8 rings (SSSR count). The molecule has 434 valence electrons. The van der Waals surface area contributed by atoms with Crippen molar-refractivity contribution in [3.63, 3.8) is 0 Å². The topological polar surface area (TPSA) is 269 Å². The molecule has 0 spiro atoms. The molecule has 3 aromatic rings. The fourth-order valence-corrected chi connectivity index (χ4v) is 12.3. The van der Waals surface area contributed by atoms with Crippen LogP contribution in [0, 0.1) is 0 Å². The molecule has 2 bridgehead atoms. The zero-order valence-corrected chi connectivity index (χ0v) is 47.9. The van der Waals surface area contributed by atoms with Gasteiger partial charge in [-0.25, -0.2) is 15.3 Å². The van der Waals surface area contributed by atoms with Gasteiger partial charge in [0.05, 0.1) is 27.9 Å². The third kappa shape index (κ3) is 14.9. The SMILES string of the molecule is CC1(C)C2=[N+](CCCCCC(=O)NCCNC(=O)CCCCCC3(C)/C(=C/C=C4\CCCC(=C4Oc4ccc(C(=O)ON5C(=O)CCC5=O)cc4)/C=C/2)N(CCCSOOO)c2ccc(S(=O)(=O)O)cc23)c2ccc(SOOO)cc21. The molecule has 4 heterocycles. The number of fused-ring (bicyclic) bond motifs is 6. The van der Waals surface area contributed by atoms with Crippen molar-refractivity contribution in [3.8, 4) is 5.75 Å². The zero-order valence-electron chi connectivity index (χ0n) is 45.4. The third-order valence-corrected chi connectivity index (χ3v) is 17.2. The maximum absolute atomic E-state index is 13.2. The summed E-state index contributed by atoms with van der Waals surface area (Å²) in [6.45, 7) is 7.98. The smallest absolute Gasteiger partial charge is 0.363 e. The fourth-order valence-electron chi connectivity index (χ4n) is 11.1. The maximum atomic E-state index is 13.2. The zero-order chi connectivity index (χ0) is 57.7. The summed E-state index contributed by atoms with van der Waals surface area (Å²) in [6.07, 6.45) is 15.9. The van der Waals surface area contributed by atoms with Gasteiger partial charge in [-0.2, -0.15) is 13.0 Å². The van der Waals surface area contributed by atoms with Crippen molar-refractivity contribution < 1.29 is 80.4 Å². The van der Waals surface area contributed by atoms with Gasteiger partial charge in [0.15, 0.2) is 5.71 Å². The molecule has 5 aliphatic rings. The van der Waals surface area contributed by atoms with Crippen LogP contribution in [0.4, 0.5) is 11.4 Å². The van der Waals surface area contributed by atoms with Crippen LogP contribution in [0.25, 0.3) is 0 Å². The number of hydrogen-bond donors (Lipinski definition) is 5. The molecule has 0 aromatic heterocycles. The number of hydrogen-bond acceptors (Lipinski definition) is 18. The number of allylic oxidation sites excluding steroid dienone is 7. The number of anilines is 1. The standard InChI is InChI=1S/C57H67N5O16S3/c1-56(2)44-36-42(80-78-76-69)22-24-46(44)60-33-9-5-7-15-51(64)59-32-31-58-50(63)14-6-4-8-30-57(3)45-37-43(81(70,71)72)23-25-47(45)61(34-11-35-79-77-75-68)49(57)27-19-39-13-10-12-38(18-26-48(56)60)54(39)73-41-20-16-40(17-21-41)55(67)74-62-52(65)28-29-53(62)66/h16-27,36-37H,4-15,28-35H2,1-3H3,(H4-,58,59,63,64,68,69,70,71,72)/p+1. The average molecular weight is 1180 g/mol. The molecule has 5 N–H and O–H groups in total. The van der Waals surface area contributed by atoms with E-state index in [1.54, 1.807) is 18.2 Å². The number of ether oxygens (including phenoxy) is 1. The molecule has 1 fully saturated rings. The molecule has 0 radical (unpaired) electrons. The Morgan fingerprint density at radius 3 is 2.15 bits per heavy atom. The highest BCUT2D eigenvalue weighted by Gasteiger charge is 2.46. The van der Waals surface area contributed by atoms with Crippen LogP contribution in [0.5, 0.6) is 5.75 Å². The van der Waals surface area contributed by atoms with Crippen LogP contribution in [-0.4, -0.2) is 100 Å². The highest BCUT2D eigenvalue weighted by Crippen LogP contribution is 2.52. The molecule has 0 saturated carbocycles. The van der Waals surface area contributed by atoms with Crippen LogP contribution in [0.3, 0.4) is 0 Å². The Balaban J connectivity index is 1.25. The number of carbonyl (C=O) groups excluding carboxylic acids is 5. The Morgan fingerprint density at radius 2 is 1.46 bits per heavy atom. The van der Waals surface area contributed by atoms with Gasteiger partial charge in [0.2, 0.25) is 17.5 Å². The van der Waals surface area contributed by atoms with Gasteiger partial charge in [0.1, 0.15) is 18.1 Å². The van der Waals surface area contributed by atoms with Crippen LogP contribution in [0.1, 0.15) is 139 Å². The van der Waals surface area contributed by atoms with Gasteiger partial charge in [-0.3, -0.25) is 23.7 Å². The van der Waals surface area contributed by atoms with Gasteiger partial charge in [-0.05, 0) is 156 Å². The Bertz CT molecular complexity index is 3120. The van der Waals surface area contributed by atoms with Gasteiger partial charge >= 0.3 is 5.97 Å². The molecule has 4 amide bonds. The van der Waals surface area contributed by atoms with E-state index in [9.17, 15) is 36.9 Å². The lowest BCUT2D eigenvalue weighted by Gasteiger charge is -2.31. The Morgan fingerprint density at radius 1 is 0.753 bits per heavy atom. The molecular formula is C57H68N5O16S3+. The molecule has 1 saturated heterocycles. The largest absolute Gasteiger partial charge is 0.457 e. The summed E-state index contributed by atoms with van der Waals surface area (Å²) in [4.78, 5) is 71.3. The normalized spacial score (nSPS) is 22.3. The number of nitrogens with one attached hydrogen (secondary N) is 2. The van der Waals surface area contributed by atoms with E-state index in [1.165, 1.54) is 24.3 Å². The predicted octanol–water partition coefficient (Wildman–Crippen LogP) is 9.84. The first-order valence-corrected chi connectivity index (χ1v) is 30.2. The molecule has 24 heteroatoms. The molecule has 1 atom stereocenters. The summed E-state index contributed by atoms with van der Waals surface area (Å²) in [6, 6.07) is 16.7. The quantitative estimate of drug-likeness (QED) is 0.0191. The van der Waals surface area contributed by atoms with Crippen molar-refractivity contribution in [2.24, 2.45) is 0 Å². The van der Waals surface area contributed by atoms with Gasteiger partial charge < -0.3 is 25.1 Å². The lowest BCUT2D eigenvalue weighted by molar-refractivity contribution is -0.438. The van der Waals surface area contributed by atoms with Crippen LogP contribution in [0.15, 0.2) is 117 Å². The Labute approximate surface area is 479 Å². The second-order valence-corrected chi connectivity index (χ2v) is 23.9. The number of hydroxylamine groups is 2. The molecule has 1 aliphatic carbocycles. The second kappa shape index (κ2) is 27.7. The molecular weight excluding hydrogens is 1110 g/mol. The number of benzene rings is 3. The number of amides is 4. The van der Waals surface area contributed by atoms with E-state index in [2.05, 4.69) is 60.5 Å². The summed E-state index contributed by atoms with van der Waals surface area (Å²) in [7, 11) is -4.61. The minimum Gasteiger partial charge on any atom is -0.457 e. The van der Waals surface area contributed by atoms with Crippen molar-refractivity contribution in [2.45, 2.75) is 138 Å². The number of rotatable bonds is 14. The van der Waals surface area contributed by atoms with Gasteiger partial charge in [-0.1, -0.05) is 29.0 Å². The van der Waals surface area contributed by atoms with E-state index >= 15 is 0 Å². The number of imide groups is 1. The van der Waals surface area contributed by atoms with Crippen LogP contribution < -0.4 is 20.3 Å². The average Bonchev–Trinajstić information content (AvgIpc) is 3.76. The van der Waals surface area contributed by atoms with Crippen molar-refractivity contribution in [1.82, 2.24) is 15.7 Å². The predicted molar refractivity (Wildman–Crippen MR) is 300 cm³/mol. The Kier molecular flexibility index (Phi) is 20.8. The van der Waals surface area contributed by atoms with Crippen molar-refractivity contribution in [1.29, 1.82) is 0 Å². The van der Waals surface area contributed by atoms with Crippen molar-refractivity contribution >= 4 is 80.9 Å². The summed E-state index contributed by atoms with van der Waals surface area (Å²) in [5.74, 6) is -0.956.